The monoisotopic (exact) mass is 320 g/mol. The second-order valence-electron chi connectivity index (χ2n) is 7.09. The van der Waals surface area contributed by atoms with Crippen LogP contribution in [-0.2, 0) is 11.8 Å². The third-order valence-electron chi connectivity index (χ3n) is 5.77. The summed E-state index contributed by atoms with van der Waals surface area (Å²) in [4.78, 5) is 15.2. The standard InChI is InChI=1S/C19H20N4O/c24-18(16-6-5-15-4-1-2-11-23(15)16)22-10-3-8-19(13-22)9-7-14-12-20-21-17(14)19/h1-2,4-6,11-12H,3,7-10,13H2,(H,20,21). The Morgan fingerprint density at radius 2 is 2.17 bits per heavy atom. The van der Waals surface area contributed by atoms with Crippen molar-refractivity contribution in [2.24, 2.45) is 0 Å². The summed E-state index contributed by atoms with van der Waals surface area (Å²) in [5, 5.41) is 7.43. The van der Waals surface area contributed by atoms with Gasteiger partial charge in [-0.2, -0.15) is 5.10 Å². The summed E-state index contributed by atoms with van der Waals surface area (Å²) in [5.41, 5.74) is 4.49. The number of H-pyrrole nitrogens is 1. The van der Waals surface area contributed by atoms with Gasteiger partial charge < -0.3 is 9.30 Å². The van der Waals surface area contributed by atoms with Gasteiger partial charge in [0, 0.05) is 35.9 Å². The zero-order valence-electron chi connectivity index (χ0n) is 13.5. The van der Waals surface area contributed by atoms with Gasteiger partial charge in [-0.05, 0) is 55.5 Å². The Labute approximate surface area is 140 Å². The SMILES string of the molecule is O=C(c1ccc2ccccn12)N1CCCC2(CCc3cn[nH]c32)C1. The molecule has 2 aliphatic rings. The lowest BCUT2D eigenvalue weighted by Gasteiger charge is -2.40. The van der Waals surface area contributed by atoms with Crippen molar-refractivity contribution in [3.05, 3.63) is 59.7 Å². The molecular formula is C19H20N4O. The van der Waals surface area contributed by atoms with Crippen molar-refractivity contribution in [2.75, 3.05) is 13.1 Å². The van der Waals surface area contributed by atoms with E-state index in [1.54, 1.807) is 0 Å². The number of pyridine rings is 1. The molecule has 1 saturated heterocycles. The number of hydrogen-bond donors (Lipinski definition) is 1. The maximum absolute atomic E-state index is 13.1. The first kappa shape index (κ1) is 13.8. The molecule has 1 fully saturated rings. The van der Waals surface area contributed by atoms with Gasteiger partial charge in [-0.1, -0.05) is 6.07 Å². The van der Waals surface area contributed by atoms with Crippen LogP contribution in [0.2, 0.25) is 0 Å². The van der Waals surface area contributed by atoms with E-state index in [2.05, 4.69) is 10.2 Å². The molecule has 0 aromatic carbocycles. The number of aromatic amines is 1. The summed E-state index contributed by atoms with van der Waals surface area (Å²) in [7, 11) is 0. The fourth-order valence-corrected chi connectivity index (χ4v) is 4.56. The lowest BCUT2D eigenvalue weighted by Crippen LogP contribution is -2.48. The lowest BCUT2D eigenvalue weighted by molar-refractivity contribution is 0.0626. The number of nitrogens with zero attached hydrogens (tertiary/aromatic N) is 3. The molecule has 1 N–H and O–H groups in total. The van der Waals surface area contributed by atoms with Gasteiger partial charge in [0.1, 0.15) is 5.69 Å². The second-order valence-corrected chi connectivity index (χ2v) is 7.09. The molecule has 24 heavy (non-hydrogen) atoms. The average Bonchev–Trinajstić information content (AvgIpc) is 3.32. The number of nitrogens with one attached hydrogen (secondary N) is 1. The minimum Gasteiger partial charge on any atom is -0.336 e. The van der Waals surface area contributed by atoms with Gasteiger partial charge in [0.05, 0.1) is 6.20 Å². The highest BCUT2D eigenvalue weighted by Crippen LogP contribution is 2.44. The number of fused-ring (bicyclic) bond motifs is 3. The lowest BCUT2D eigenvalue weighted by atomic mass is 9.77. The Morgan fingerprint density at radius 1 is 1.21 bits per heavy atom. The van der Waals surface area contributed by atoms with Crippen molar-refractivity contribution in [3.63, 3.8) is 0 Å². The molecular weight excluding hydrogens is 300 g/mol. The highest BCUT2D eigenvalue weighted by atomic mass is 16.2. The van der Waals surface area contributed by atoms with Crippen LogP contribution in [0.4, 0.5) is 0 Å². The van der Waals surface area contributed by atoms with Gasteiger partial charge in [0.25, 0.3) is 5.91 Å². The van der Waals surface area contributed by atoms with Crippen LogP contribution in [0, 0.1) is 0 Å². The summed E-state index contributed by atoms with van der Waals surface area (Å²) >= 11 is 0. The third-order valence-corrected chi connectivity index (χ3v) is 5.77. The fraction of sp³-hybridized carbons (Fsp3) is 0.368. The predicted octanol–water partition coefficient (Wildman–Crippen LogP) is 2.78. The fourth-order valence-electron chi connectivity index (χ4n) is 4.56. The van der Waals surface area contributed by atoms with Crippen LogP contribution < -0.4 is 0 Å². The molecule has 1 amide bonds. The first-order valence-corrected chi connectivity index (χ1v) is 8.65. The molecule has 0 bridgehead atoms. The van der Waals surface area contributed by atoms with Gasteiger partial charge in [-0.25, -0.2) is 0 Å². The number of likely N-dealkylation sites (tertiary alicyclic amines) is 1. The second kappa shape index (κ2) is 4.97. The Hall–Kier alpha value is -2.56. The quantitative estimate of drug-likeness (QED) is 0.749. The van der Waals surface area contributed by atoms with E-state index in [-0.39, 0.29) is 11.3 Å². The smallest absolute Gasteiger partial charge is 0.270 e. The molecule has 4 heterocycles. The molecule has 3 aromatic heterocycles. The van der Waals surface area contributed by atoms with E-state index in [4.69, 9.17) is 0 Å². The number of piperidine rings is 1. The number of carbonyl (C=O) groups is 1. The van der Waals surface area contributed by atoms with Gasteiger partial charge >= 0.3 is 0 Å². The molecule has 0 radical (unpaired) electrons. The van der Waals surface area contributed by atoms with Crippen molar-refractivity contribution in [2.45, 2.75) is 31.1 Å². The van der Waals surface area contributed by atoms with E-state index in [1.165, 1.54) is 11.3 Å². The number of carbonyl (C=O) groups excluding carboxylic acids is 1. The van der Waals surface area contributed by atoms with Crippen molar-refractivity contribution in [1.82, 2.24) is 19.5 Å². The molecule has 3 aromatic rings. The van der Waals surface area contributed by atoms with Crippen LogP contribution in [0.3, 0.4) is 0 Å². The molecule has 1 atom stereocenters. The van der Waals surface area contributed by atoms with E-state index < -0.39 is 0 Å². The number of rotatable bonds is 1. The Morgan fingerprint density at radius 3 is 3.12 bits per heavy atom. The van der Waals surface area contributed by atoms with Crippen molar-refractivity contribution < 1.29 is 4.79 Å². The van der Waals surface area contributed by atoms with Crippen LogP contribution >= 0.6 is 0 Å². The van der Waals surface area contributed by atoms with E-state index >= 15 is 0 Å². The Balaban J connectivity index is 1.48. The average molecular weight is 320 g/mol. The van der Waals surface area contributed by atoms with Crippen molar-refractivity contribution in [3.8, 4) is 0 Å². The first-order chi connectivity index (χ1) is 11.8. The summed E-state index contributed by atoms with van der Waals surface area (Å²) < 4.78 is 1.99. The molecule has 1 unspecified atom stereocenters. The van der Waals surface area contributed by atoms with Gasteiger partial charge in [-0.15, -0.1) is 0 Å². The van der Waals surface area contributed by atoms with E-state index in [0.29, 0.717) is 0 Å². The summed E-state index contributed by atoms with van der Waals surface area (Å²) in [5.74, 6) is 0.133. The predicted molar refractivity (Wildman–Crippen MR) is 91.1 cm³/mol. The Kier molecular flexibility index (Phi) is 2.86. The third kappa shape index (κ3) is 1.87. The zero-order valence-corrected chi connectivity index (χ0v) is 13.5. The summed E-state index contributed by atoms with van der Waals surface area (Å²) in [6.45, 7) is 1.63. The highest BCUT2D eigenvalue weighted by Gasteiger charge is 2.44. The molecule has 5 rings (SSSR count). The van der Waals surface area contributed by atoms with Crippen LogP contribution in [0.15, 0.2) is 42.7 Å². The van der Waals surface area contributed by atoms with Crippen LogP contribution in [0.5, 0.6) is 0 Å². The topological polar surface area (TPSA) is 53.4 Å². The van der Waals surface area contributed by atoms with Crippen molar-refractivity contribution >= 4 is 11.4 Å². The van der Waals surface area contributed by atoms with Gasteiger partial charge in [0.2, 0.25) is 0 Å². The number of aryl methyl sites for hydroxylation is 1. The number of aromatic nitrogens is 3. The number of amides is 1. The molecule has 122 valence electrons. The zero-order chi connectivity index (χ0) is 16.1. The van der Waals surface area contributed by atoms with Crippen LogP contribution in [-0.4, -0.2) is 38.5 Å². The Bertz CT molecular complexity index is 924. The highest BCUT2D eigenvalue weighted by molar-refractivity contribution is 5.94. The summed E-state index contributed by atoms with van der Waals surface area (Å²) in [6.07, 6.45) is 8.29. The first-order valence-electron chi connectivity index (χ1n) is 8.65. The number of hydrogen-bond acceptors (Lipinski definition) is 2. The minimum absolute atomic E-state index is 0.0762. The minimum atomic E-state index is 0.0762. The van der Waals surface area contributed by atoms with E-state index in [0.717, 1.165) is 50.0 Å². The normalized spacial score (nSPS) is 23.1. The molecule has 5 heteroatoms. The maximum atomic E-state index is 13.1. The van der Waals surface area contributed by atoms with Gasteiger partial charge in [0.15, 0.2) is 0 Å². The molecule has 1 aliphatic carbocycles. The van der Waals surface area contributed by atoms with Gasteiger partial charge in [-0.3, -0.25) is 9.89 Å². The molecule has 1 aliphatic heterocycles. The summed E-state index contributed by atoms with van der Waals surface area (Å²) in [6, 6.07) is 9.94. The van der Waals surface area contributed by atoms with E-state index in [9.17, 15) is 4.79 Å². The van der Waals surface area contributed by atoms with Crippen LogP contribution in [0.1, 0.15) is 41.0 Å². The molecule has 5 nitrogen and oxygen atoms in total. The van der Waals surface area contributed by atoms with E-state index in [1.807, 2.05) is 52.0 Å². The molecule has 1 spiro atoms. The largest absolute Gasteiger partial charge is 0.336 e. The van der Waals surface area contributed by atoms with Crippen LogP contribution in [0.25, 0.3) is 5.52 Å². The maximum Gasteiger partial charge on any atom is 0.270 e. The molecule has 0 saturated carbocycles. The van der Waals surface area contributed by atoms with Crippen molar-refractivity contribution in [1.29, 1.82) is 0 Å².